The lowest BCUT2D eigenvalue weighted by Crippen LogP contribution is -2.44. The fourth-order valence-corrected chi connectivity index (χ4v) is 1.57. The highest BCUT2D eigenvalue weighted by molar-refractivity contribution is 6.33. The van der Waals surface area contributed by atoms with Crippen molar-refractivity contribution in [2.24, 2.45) is 0 Å². The summed E-state index contributed by atoms with van der Waals surface area (Å²) < 4.78 is 41.2. The van der Waals surface area contributed by atoms with Crippen LogP contribution in [-0.4, -0.2) is 30.7 Å². The molecule has 1 unspecified atom stereocenters. The van der Waals surface area contributed by atoms with E-state index in [-0.39, 0.29) is 22.9 Å². The Morgan fingerprint density at radius 3 is 2.52 bits per heavy atom. The average molecular weight is 325 g/mol. The van der Waals surface area contributed by atoms with Crippen LogP contribution in [0.1, 0.15) is 17.3 Å². The lowest BCUT2D eigenvalue weighted by molar-refractivity contribution is -0.255. The van der Waals surface area contributed by atoms with Gasteiger partial charge in [0.15, 0.2) is 0 Å². The number of aromatic carboxylic acids is 1. The molecule has 0 saturated carbocycles. The van der Waals surface area contributed by atoms with Crippen molar-refractivity contribution in [3.8, 4) is 5.75 Å². The van der Waals surface area contributed by atoms with Crippen LogP contribution in [0.3, 0.4) is 0 Å². The molecular formula is C12H10ClF3NO4-. The summed E-state index contributed by atoms with van der Waals surface area (Å²) in [6, 6.07) is 2.70. The Hall–Kier alpha value is -1.96. The number of ether oxygens (including phenoxy) is 1. The first kappa shape index (κ1) is 17.1. The molecule has 116 valence electrons. The van der Waals surface area contributed by atoms with E-state index in [2.05, 4.69) is 0 Å². The van der Waals surface area contributed by atoms with Crippen LogP contribution in [0.2, 0.25) is 5.02 Å². The van der Waals surface area contributed by atoms with Crippen LogP contribution in [0, 0.1) is 0 Å². The van der Waals surface area contributed by atoms with Crippen LogP contribution in [0.4, 0.5) is 13.2 Å². The van der Waals surface area contributed by atoms with Gasteiger partial charge >= 0.3 is 12.1 Å². The van der Waals surface area contributed by atoms with Crippen molar-refractivity contribution < 1.29 is 32.6 Å². The molecule has 0 fully saturated rings. The molecule has 21 heavy (non-hydrogen) atoms. The number of benzene rings is 1. The molecule has 1 rings (SSSR count). The van der Waals surface area contributed by atoms with Gasteiger partial charge in [0, 0.05) is 5.56 Å². The molecule has 0 bridgehead atoms. The van der Waals surface area contributed by atoms with Gasteiger partial charge in [-0.25, -0.2) is 0 Å². The Labute approximate surface area is 122 Å². The van der Waals surface area contributed by atoms with E-state index in [1.807, 2.05) is 0 Å². The summed E-state index contributed by atoms with van der Waals surface area (Å²) in [7, 11) is 0. The molecule has 0 heterocycles. The van der Waals surface area contributed by atoms with Gasteiger partial charge in [-0.3, -0.25) is 4.79 Å². The van der Waals surface area contributed by atoms with E-state index in [1.54, 1.807) is 5.32 Å². The molecule has 1 N–H and O–H groups in total. The Bertz CT molecular complexity index is 548. The lowest BCUT2D eigenvalue weighted by Gasteiger charge is -2.16. The number of halogens is 4. The summed E-state index contributed by atoms with van der Waals surface area (Å²) in [6.07, 6.45) is -4.96. The van der Waals surface area contributed by atoms with E-state index in [1.165, 1.54) is 19.1 Å². The SMILES string of the molecule is CC(COc1ccc(C(=O)[O-])c(Cl)c1)NC(=O)C(F)(F)F. The normalized spacial score (nSPS) is 12.6. The summed E-state index contributed by atoms with van der Waals surface area (Å²) in [5, 5.41) is 12.2. The monoisotopic (exact) mass is 324 g/mol. The van der Waals surface area contributed by atoms with Gasteiger partial charge in [-0.1, -0.05) is 11.6 Å². The summed E-state index contributed by atoms with van der Waals surface area (Å²) in [6.45, 7) is 1.07. The van der Waals surface area contributed by atoms with Crippen LogP contribution >= 0.6 is 11.6 Å². The van der Waals surface area contributed by atoms with Crippen LogP contribution in [0.5, 0.6) is 5.75 Å². The number of amides is 1. The Balaban J connectivity index is 2.58. The van der Waals surface area contributed by atoms with E-state index in [4.69, 9.17) is 16.3 Å². The van der Waals surface area contributed by atoms with Crippen molar-refractivity contribution >= 4 is 23.5 Å². The third kappa shape index (κ3) is 5.14. The highest BCUT2D eigenvalue weighted by Gasteiger charge is 2.39. The first-order valence-corrected chi connectivity index (χ1v) is 6.00. The predicted molar refractivity (Wildman–Crippen MR) is 64.9 cm³/mol. The molecule has 0 aliphatic carbocycles. The van der Waals surface area contributed by atoms with Crippen LogP contribution in [-0.2, 0) is 4.79 Å². The zero-order valence-corrected chi connectivity index (χ0v) is 11.4. The van der Waals surface area contributed by atoms with E-state index in [0.29, 0.717) is 0 Å². The molecule has 1 aromatic carbocycles. The number of hydrogen-bond donors (Lipinski definition) is 1. The maximum atomic E-state index is 12.0. The number of alkyl halides is 3. The summed E-state index contributed by atoms with van der Waals surface area (Å²) in [5.41, 5.74) is -0.234. The maximum Gasteiger partial charge on any atom is 0.471 e. The fraction of sp³-hybridized carbons (Fsp3) is 0.333. The molecule has 9 heteroatoms. The number of rotatable bonds is 5. The van der Waals surface area contributed by atoms with Crippen molar-refractivity contribution in [2.75, 3.05) is 6.61 Å². The Morgan fingerprint density at radius 1 is 1.43 bits per heavy atom. The summed E-state index contributed by atoms with van der Waals surface area (Å²) in [5.74, 6) is -3.38. The molecule has 0 spiro atoms. The van der Waals surface area contributed by atoms with E-state index < -0.39 is 24.1 Å². The van der Waals surface area contributed by atoms with Gasteiger partial charge < -0.3 is 20.0 Å². The number of carboxylic acids is 1. The van der Waals surface area contributed by atoms with Crippen molar-refractivity contribution in [1.29, 1.82) is 0 Å². The molecule has 1 atom stereocenters. The van der Waals surface area contributed by atoms with Crippen LogP contribution in [0.25, 0.3) is 0 Å². The summed E-state index contributed by atoms with van der Waals surface area (Å²) >= 11 is 5.66. The Morgan fingerprint density at radius 2 is 2.05 bits per heavy atom. The molecule has 0 aliphatic heterocycles. The number of carbonyl (C=O) groups is 2. The number of carboxylic acid groups (broad SMARTS) is 1. The minimum Gasteiger partial charge on any atom is -0.545 e. The van der Waals surface area contributed by atoms with Crippen molar-refractivity contribution in [1.82, 2.24) is 5.32 Å². The van der Waals surface area contributed by atoms with Crippen molar-refractivity contribution in [3.63, 3.8) is 0 Å². The highest BCUT2D eigenvalue weighted by Crippen LogP contribution is 2.22. The topological polar surface area (TPSA) is 78.5 Å². The molecular weight excluding hydrogens is 315 g/mol. The van der Waals surface area contributed by atoms with Gasteiger partial charge in [0.1, 0.15) is 12.4 Å². The molecule has 5 nitrogen and oxygen atoms in total. The van der Waals surface area contributed by atoms with Crippen LogP contribution in [0.15, 0.2) is 18.2 Å². The largest absolute Gasteiger partial charge is 0.545 e. The van der Waals surface area contributed by atoms with E-state index >= 15 is 0 Å². The molecule has 0 aliphatic rings. The Kier molecular flexibility index (Phi) is 5.42. The predicted octanol–water partition coefficient (Wildman–Crippen LogP) is 1.15. The molecule has 0 radical (unpaired) electrons. The second-order valence-corrected chi connectivity index (χ2v) is 4.52. The molecule has 0 saturated heterocycles. The number of carbonyl (C=O) groups excluding carboxylic acids is 2. The van der Waals surface area contributed by atoms with Gasteiger partial charge in [0.25, 0.3) is 0 Å². The fourth-order valence-electron chi connectivity index (χ4n) is 1.32. The third-order valence-electron chi connectivity index (χ3n) is 2.30. The van der Waals surface area contributed by atoms with Crippen molar-refractivity contribution in [2.45, 2.75) is 19.1 Å². The van der Waals surface area contributed by atoms with E-state index in [9.17, 15) is 27.9 Å². The van der Waals surface area contributed by atoms with Crippen LogP contribution < -0.4 is 15.2 Å². The molecule has 1 amide bonds. The maximum absolute atomic E-state index is 12.0. The molecule has 1 aromatic rings. The average Bonchev–Trinajstić information content (AvgIpc) is 2.34. The third-order valence-corrected chi connectivity index (χ3v) is 2.61. The van der Waals surface area contributed by atoms with Gasteiger partial charge in [0.05, 0.1) is 17.0 Å². The highest BCUT2D eigenvalue weighted by atomic mass is 35.5. The van der Waals surface area contributed by atoms with Gasteiger partial charge in [-0.05, 0) is 25.1 Å². The minimum atomic E-state index is -4.96. The standard InChI is InChI=1S/C12H11ClF3NO4/c1-6(17-11(20)12(14,15)16)5-21-7-2-3-8(10(18)19)9(13)4-7/h2-4,6H,5H2,1H3,(H,17,20)(H,18,19)/p-1. The molecule has 0 aromatic heterocycles. The zero-order valence-electron chi connectivity index (χ0n) is 10.7. The lowest BCUT2D eigenvalue weighted by atomic mass is 10.2. The zero-order chi connectivity index (χ0) is 16.2. The first-order chi connectivity index (χ1) is 9.61. The minimum absolute atomic E-state index is 0.125. The van der Waals surface area contributed by atoms with Gasteiger partial charge in [-0.15, -0.1) is 0 Å². The number of hydrogen-bond acceptors (Lipinski definition) is 4. The summed E-state index contributed by atoms with van der Waals surface area (Å²) in [4.78, 5) is 21.3. The quantitative estimate of drug-likeness (QED) is 0.881. The van der Waals surface area contributed by atoms with Crippen molar-refractivity contribution in [3.05, 3.63) is 28.8 Å². The second kappa shape index (κ2) is 6.66. The second-order valence-electron chi connectivity index (χ2n) is 4.11. The van der Waals surface area contributed by atoms with E-state index in [0.717, 1.165) is 6.07 Å². The smallest absolute Gasteiger partial charge is 0.471 e. The van der Waals surface area contributed by atoms with Gasteiger partial charge in [-0.2, -0.15) is 13.2 Å². The number of nitrogens with one attached hydrogen (secondary N) is 1. The van der Waals surface area contributed by atoms with Gasteiger partial charge in [0.2, 0.25) is 0 Å². The first-order valence-electron chi connectivity index (χ1n) is 5.62.